The summed E-state index contributed by atoms with van der Waals surface area (Å²) in [6.07, 6.45) is 5.21. The lowest BCUT2D eigenvalue weighted by molar-refractivity contribution is -0.129. The first-order chi connectivity index (χ1) is 13.7. The average Bonchev–Trinajstić information content (AvgIpc) is 3.16. The number of rotatable bonds is 3. The van der Waals surface area contributed by atoms with Crippen molar-refractivity contribution >= 4 is 29.7 Å². The Kier molecular flexibility index (Phi) is 5.53. The summed E-state index contributed by atoms with van der Waals surface area (Å²) in [5.74, 6) is 1.11. The second kappa shape index (κ2) is 8.23. The maximum Gasteiger partial charge on any atom is 0.253 e. The molecule has 0 saturated carbocycles. The van der Waals surface area contributed by atoms with E-state index in [1.807, 2.05) is 88.3 Å². The number of carbonyl (C=O) groups is 2. The Morgan fingerprint density at radius 2 is 1.54 bits per heavy atom. The maximum atomic E-state index is 12.9. The van der Waals surface area contributed by atoms with Crippen LogP contribution in [0.4, 0.5) is 0 Å². The molecular weight excluding hydrogens is 368 g/mol. The Bertz CT molecular complexity index is 859. The Labute approximate surface area is 170 Å². The molecule has 2 aliphatic rings. The van der Waals surface area contributed by atoms with Crippen molar-refractivity contribution in [1.29, 1.82) is 0 Å². The highest BCUT2D eigenvalue weighted by Crippen LogP contribution is 2.44. The Hall–Kier alpha value is -2.53. The monoisotopic (exact) mass is 392 g/mol. The van der Waals surface area contributed by atoms with E-state index in [4.69, 9.17) is 0 Å². The summed E-state index contributed by atoms with van der Waals surface area (Å²) < 4.78 is 0. The van der Waals surface area contributed by atoms with Crippen LogP contribution >= 0.6 is 11.8 Å². The van der Waals surface area contributed by atoms with E-state index >= 15 is 0 Å². The highest BCUT2D eigenvalue weighted by molar-refractivity contribution is 8.00. The van der Waals surface area contributed by atoms with E-state index in [1.54, 1.807) is 6.08 Å². The number of carbonyl (C=O) groups excluding carboxylic acids is 2. The van der Waals surface area contributed by atoms with Crippen molar-refractivity contribution in [2.24, 2.45) is 0 Å². The fourth-order valence-corrected chi connectivity index (χ4v) is 5.44. The standard InChI is InChI=1S/C23H24N2O2S/c26-21(12-11-19-7-3-1-4-8-19)25-17-18-28-23(25)13-15-24(16-14-23)22(27)20-9-5-2-6-10-20/h1-12H,13-18H2. The molecule has 1 spiro atoms. The van der Waals surface area contributed by atoms with E-state index in [-0.39, 0.29) is 16.7 Å². The van der Waals surface area contributed by atoms with Crippen molar-refractivity contribution in [2.75, 3.05) is 25.4 Å². The quantitative estimate of drug-likeness (QED) is 0.744. The molecule has 28 heavy (non-hydrogen) atoms. The van der Waals surface area contributed by atoms with Gasteiger partial charge in [0.15, 0.2) is 0 Å². The zero-order valence-corrected chi connectivity index (χ0v) is 16.6. The van der Waals surface area contributed by atoms with Crippen molar-refractivity contribution in [3.8, 4) is 0 Å². The summed E-state index contributed by atoms with van der Waals surface area (Å²) in [4.78, 5) is 29.3. The normalized spacial score (nSPS) is 18.7. The molecule has 2 fully saturated rings. The smallest absolute Gasteiger partial charge is 0.253 e. The van der Waals surface area contributed by atoms with Gasteiger partial charge in [-0.05, 0) is 36.6 Å². The van der Waals surface area contributed by atoms with Gasteiger partial charge in [0, 0.05) is 37.0 Å². The lowest BCUT2D eigenvalue weighted by Crippen LogP contribution is -2.53. The van der Waals surface area contributed by atoms with Gasteiger partial charge in [0.1, 0.15) is 0 Å². The summed E-state index contributed by atoms with van der Waals surface area (Å²) in [7, 11) is 0. The first-order valence-corrected chi connectivity index (χ1v) is 10.7. The van der Waals surface area contributed by atoms with Gasteiger partial charge in [-0.2, -0.15) is 0 Å². The van der Waals surface area contributed by atoms with Crippen LogP contribution in [0.1, 0.15) is 28.8 Å². The first-order valence-electron chi connectivity index (χ1n) is 9.71. The number of thioether (sulfide) groups is 1. The Morgan fingerprint density at radius 1 is 0.893 bits per heavy atom. The van der Waals surface area contributed by atoms with Gasteiger partial charge in [-0.1, -0.05) is 48.5 Å². The molecule has 2 aromatic rings. The van der Waals surface area contributed by atoms with Crippen molar-refractivity contribution < 1.29 is 9.59 Å². The van der Waals surface area contributed by atoms with Crippen LogP contribution in [-0.4, -0.2) is 51.9 Å². The highest BCUT2D eigenvalue weighted by Gasteiger charge is 2.46. The summed E-state index contributed by atoms with van der Waals surface area (Å²) >= 11 is 1.87. The largest absolute Gasteiger partial charge is 0.338 e. The van der Waals surface area contributed by atoms with Crippen molar-refractivity contribution in [3.63, 3.8) is 0 Å². The minimum absolute atomic E-state index is 0.0664. The fourth-order valence-electron chi connectivity index (χ4n) is 3.98. The molecule has 5 heteroatoms. The zero-order valence-electron chi connectivity index (χ0n) is 15.8. The van der Waals surface area contributed by atoms with Crippen LogP contribution in [0, 0.1) is 0 Å². The van der Waals surface area contributed by atoms with Crippen LogP contribution in [-0.2, 0) is 4.79 Å². The maximum absolute atomic E-state index is 12.9. The van der Waals surface area contributed by atoms with Crippen LogP contribution in [0.15, 0.2) is 66.7 Å². The SMILES string of the molecule is O=C(c1ccccc1)N1CCC2(CC1)SCCN2C(=O)C=Cc1ccccc1. The number of likely N-dealkylation sites (tertiary alicyclic amines) is 1. The van der Waals surface area contributed by atoms with E-state index in [0.29, 0.717) is 13.1 Å². The third-order valence-electron chi connectivity index (χ3n) is 5.51. The Balaban J connectivity index is 1.41. The molecule has 0 atom stereocenters. The van der Waals surface area contributed by atoms with Crippen LogP contribution in [0.3, 0.4) is 0 Å². The van der Waals surface area contributed by atoms with E-state index in [0.717, 1.165) is 36.3 Å². The molecule has 2 heterocycles. The second-order valence-corrected chi connectivity index (χ2v) is 8.64. The molecule has 2 saturated heterocycles. The van der Waals surface area contributed by atoms with Gasteiger partial charge in [0.05, 0.1) is 4.87 Å². The van der Waals surface area contributed by atoms with Crippen molar-refractivity contribution in [2.45, 2.75) is 17.7 Å². The summed E-state index contributed by atoms with van der Waals surface area (Å²) in [6, 6.07) is 19.3. The van der Waals surface area contributed by atoms with Gasteiger partial charge in [-0.15, -0.1) is 11.8 Å². The van der Waals surface area contributed by atoms with Gasteiger partial charge in [-0.3, -0.25) is 9.59 Å². The number of benzene rings is 2. The van der Waals surface area contributed by atoms with Crippen LogP contribution in [0.25, 0.3) is 6.08 Å². The Morgan fingerprint density at radius 3 is 2.21 bits per heavy atom. The third kappa shape index (κ3) is 3.85. The fraction of sp³-hybridized carbons (Fsp3) is 0.304. The lowest BCUT2D eigenvalue weighted by atomic mass is 10.0. The van der Waals surface area contributed by atoms with E-state index < -0.39 is 0 Å². The molecule has 2 amide bonds. The van der Waals surface area contributed by atoms with Crippen LogP contribution < -0.4 is 0 Å². The zero-order chi connectivity index (χ0) is 19.4. The molecule has 4 rings (SSSR count). The molecule has 0 N–H and O–H groups in total. The van der Waals surface area contributed by atoms with Gasteiger partial charge in [0.2, 0.25) is 5.91 Å². The first kappa shape index (κ1) is 18.8. The minimum Gasteiger partial charge on any atom is -0.338 e. The molecule has 0 aliphatic carbocycles. The molecule has 144 valence electrons. The molecule has 0 radical (unpaired) electrons. The summed E-state index contributed by atoms with van der Waals surface area (Å²) in [5, 5.41) is 0. The van der Waals surface area contributed by atoms with Crippen molar-refractivity contribution in [1.82, 2.24) is 9.80 Å². The van der Waals surface area contributed by atoms with E-state index in [2.05, 4.69) is 0 Å². The van der Waals surface area contributed by atoms with Gasteiger partial charge in [0.25, 0.3) is 5.91 Å². The topological polar surface area (TPSA) is 40.6 Å². The molecule has 2 aromatic carbocycles. The number of hydrogen-bond donors (Lipinski definition) is 0. The highest BCUT2D eigenvalue weighted by atomic mass is 32.2. The number of piperidine rings is 1. The number of hydrogen-bond acceptors (Lipinski definition) is 3. The molecule has 0 unspecified atom stereocenters. The van der Waals surface area contributed by atoms with Gasteiger partial charge < -0.3 is 9.80 Å². The summed E-state index contributed by atoms with van der Waals surface area (Å²) in [6.45, 7) is 2.15. The van der Waals surface area contributed by atoms with Crippen LogP contribution in [0.5, 0.6) is 0 Å². The molecule has 0 aromatic heterocycles. The molecule has 0 bridgehead atoms. The predicted octanol–water partition coefficient (Wildman–Crippen LogP) is 3.91. The van der Waals surface area contributed by atoms with Gasteiger partial charge in [-0.25, -0.2) is 0 Å². The third-order valence-corrected chi connectivity index (χ3v) is 7.07. The van der Waals surface area contributed by atoms with E-state index in [1.165, 1.54) is 0 Å². The van der Waals surface area contributed by atoms with Crippen molar-refractivity contribution in [3.05, 3.63) is 77.9 Å². The number of amides is 2. The van der Waals surface area contributed by atoms with Gasteiger partial charge >= 0.3 is 0 Å². The molecule has 2 aliphatic heterocycles. The molecular formula is C23H24N2O2S. The minimum atomic E-state index is -0.175. The average molecular weight is 393 g/mol. The number of nitrogens with zero attached hydrogens (tertiary/aromatic N) is 2. The summed E-state index contributed by atoms with van der Waals surface area (Å²) in [5.41, 5.74) is 1.76. The molecule has 4 nitrogen and oxygen atoms in total. The van der Waals surface area contributed by atoms with Crippen LogP contribution in [0.2, 0.25) is 0 Å². The lowest BCUT2D eigenvalue weighted by Gasteiger charge is -2.43. The predicted molar refractivity (Wildman–Crippen MR) is 114 cm³/mol. The second-order valence-electron chi connectivity index (χ2n) is 7.19. The van der Waals surface area contributed by atoms with E-state index in [9.17, 15) is 9.59 Å².